The summed E-state index contributed by atoms with van der Waals surface area (Å²) in [5.41, 5.74) is 2.76. The minimum atomic E-state index is -0.241. The van der Waals surface area contributed by atoms with Crippen LogP contribution in [0.15, 0.2) is 34.2 Å². The van der Waals surface area contributed by atoms with Crippen molar-refractivity contribution >= 4 is 28.8 Å². The number of anilines is 1. The lowest BCUT2D eigenvalue weighted by Crippen LogP contribution is -2.34. The molecular formula is C21H26N4O3S. The maximum Gasteiger partial charge on any atom is 0.239 e. The highest BCUT2D eigenvalue weighted by Crippen LogP contribution is 2.18. The van der Waals surface area contributed by atoms with Crippen LogP contribution in [-0.2, 0) is 17.8 Å². The number of carbonyl (C=O) groups is 2. The van der Waals surface area contributed by atoms with Gasteiger partial charge < -0.3 is 14.4 Å². The van der Waals surface area contributed by atoms with Gasteiger partial charge in [0, 0.05) is 34.4 Å². The fraction of sp³-hybridized carbons (Fsp3) is 0.381. The van der Waals surface area contributed by atoms with Crippen molar-refractivity contribution in [2.24, 2.45) is 0 Å². The Labute approximate surface area is 174 Å². The number of hydrogen-bond acceptors (Lipinski definition) is 6. The number of amides is 1. The molecule has 3 aromatic heterocycles. The molecule has 29 heavy (non-hydrogen) atoms. The van der Waals surface area contributed by atoms with Crippen molar-refractivity contribution in [1.82, 2.24) is 14.6 Å². The van der Waals surface area contributed by atoms with E-state index in [4.69, 9.17) is 4.52 Å². The zero-order valence-corrected chi connectivity index (χ0v) is 18.0. The lowest BCUT2D eigenvalue weighted by atomic mass is 10.1. The molecule has 1 N–H and O–H groups in total. The van der Waals surface area contributed by atoms with Crippen molar-refractivity contribution in [3.05, 3.63) is 57.2 Å². The van der Waals surface area contributed by atoms with E-state index in [1.54, 1.807) is 36.3 Å². The molecule has 0 atom stereocenters. The van der Waals surface area contributed by atoms with Crippen LogP contribution in [0.25, 0.3) is 0 Å². The SMILES string of the molecule is Cc1cc(NC(=O)CN(C)CC(=O)c2cc(C)n(CCc3cccs3)c2C)no1. The molecule has 0 aliphatic rings. The second-order valence-electron chi connectivity index (χ2n) is 7.23. The first-order valence-electron chi connectivity index (χ1n) is 9.47. The molecule has 3 rings (SSSR count). The molecule has 0 bridgehead atoms. The summed E-state index contributed by atoms with van der Waals surface area (Å²) in [5, 5.41) is 8.48. The first-order valence-corrected chi connectivity index (χ1v) is 10.4. The molecule has 0 fully saturated rings. The second kappa shape index (κ2) is 9.19. The third kappa shape index (κ3) is 5.42. The predicted octanol–water partition coefficient (Wildman–Crippen LogP) is 3.46. The van der Waals surface area contributed by atoms with Crippen LogP contribution in [-0.4, -0.2) is 46.5 Å². The molecule has 7 nitrogen and oxygen atoms in total. The largest absolute Gasteiger partial charge is 0.360 e. The van der Waals surface area contributed by atoms with Gasteiger partial charge in [0.25, 0.3) is 0 Å². The smallest absolute Gasteiger partial charge is 0.239 e. The monoisotopic (exact) mass is 414 g/mol. The number of Topliss-reactive ketones (excluding diaryl/α,β-unsaturated/α-hetero) is 1. The molecule has 3 aromatic rings. The van der Waals surface area contributed by atoms with Crippen molar-refractivity contribution in [2.45, 2.75) is 33.7 Å². The number of rotatable bonds is 9. The van der Waals surface area contributed by atoms with Crippen LogP contribution in [0.4, 0.5) is 5.82 Å². The molecule has 0 aliphatic carbocycles. The predicted molar refractivity (Wildman–Crippen MR) is 114 cm³/mol. The van der Waals surface area contributed by atoms with Gasteiger partial charge in [0.1, 0.15) is 5.76 Å². The summed E-state index contributed by atoms with van der Waals surface area (Å²) in [4.78, 5) is 28.0. The maximum atomic E-state index is 12.8. The molecule has 0 radical (unpaired) electrons. The van der Waals surface area contributed by atoms with Gasteiger partial charge >= 0.3 is 0 Å². The number of aromatic nitrogens is 2. The van der Waals surface area contributed by atoms with E-state index < -0.39 is 0 Å². The summed E-state index contributed by atoms with van der Waals surface area (Å²) in [6.07, 6.45) is 0.948. The van der Waals surface area contributed by atoms with Crippen LogP contribution >= 0.6 is 11.3 Å². The third-order valence-electron chi connectivity index (χ3n) is 4.76. The van der Waals surface area contributed by atoms with Crippen LogP contribution in [0.1, 0.15) is 32.4 Å². The minimum Gasteiger partial charge on any atom is -0.360 e. The van der Waals surface area contributed by atoms with Crippen LogP contribution in [0.3, 0.4) is 0 Å². The Kier molecular flexibility index (Phi) is 6.66. The fourth-order valence-electron chi connectivity index (χ4n) is 3.34. The Morgan fingerprint density at radius 1 is 1.24 bits per heavy atom. The first kappa shape index (κ1) is 21.0. The summed E-state index contributed by atoms with van der Waals surface area (Å²) in [6.45, 7) is 6.87. The molecule has 0 aliphatic heterocycles. The van der Waals surface area contributed by atoms with E-state index in [0.717, 1.165) is 24.4 Å². The molecule has 0 saturated heterocycles. The van der Waals surface area contributed by atoms with Crippen LogP contribution in [0.5, 0.6) is 0 Å². The van der Waals surface area contributed by atoms with Crippen molar-refractivity contribution in [3.63, 3.8) is 0 Å². The number of likely N-dealkylation sites (N-methyl/N-ethyl adjacent to an activating group) is 1. The van der Waals surface area contributed by atoms with Crippen LogP contribution in [0.2, 0.25) is 0 Å². The number of nitrogens with one attached hydrogen (secondary N) is 1. The lowest BCUT2D eigenvalue weighted by molar-refractivity contribution is -0.116. The molecule has 0 saturated carbocycles. The molecule has 0 aromatic carbocycles. The highest BCUT2D eigenvalue weighted by Gasteiger charge is 2.18. The van der Waals surface area contributed by atoms with Gasteiger partial charge in [-0.05, 0) is 51.8 Å². The highest BCUT2D eigenvalue weighted by atomic mass is 32.1. The number of nitrogens with zero attached hydrogens (tertiary/aromatic N) is 3. The van der Waals surface area contributed by atoms with Gasteiger partial charge in [0.05, 0.1) is 13.1 Å². The van der Waals surface area contributed by atoms with Gasteiger partial charge in [0.2, 0.25) is 5.91 Å². The second-order valence-corrected chi connectivity index (χ2v) is 8.26. The Morgan fingerprint density at radius 2 is 2.03 bits per heavy atom. The van der Waals surface area contributed by atoms with Gasteiger partial charge in [-0.1, -0.05) is 11.2 Å². The van der Waals surface area contributed by atoms with E-state index >= 15 is 0 Å². The summed E-state index contributed by atoms with van der Waals surface area (Å²) in [7, 11) is 1.75. The summed E-state index contributed by atoms with van der Waals surface area (Å²) < 4.78 is 7.12. The van der Waals surface area contributed by atoms with Gasteiger partial charge in [-0.2, -0.15) is 0 Å². The Hall–Kier alpha value is -2.71. The van der Waals surface area contributed by atoms with E-state index in [1.165, 1.54) is 4.88 Å². The highest BCUT2D eigenvalue weighted by molar-refractivity contribution is 7.09. The quantitative estimate of drug-likeness (QED) is 0.543. The normalized spacial score (nSPS) is 11.2. The van der Waals surface area contributed by atoms with Gasteiger partial charge in [-0.25, -0.2) is 0 Å². The standard InChI is InChI=1S/C21H26N4O3S/c1-14-10-18(16(3)25(14)8-7-17-6-5-9-29-17)19(26)12-24(4)13-21(27)22-20-11-15(2)28-23-20/h5-6,9-11H,7-8,12-13H2,1-4H3,(H,22,23,27). The van der Waals surface area contributed by atoms with E-state index in [0.29, 0.717) is 17.1 Å². The summed E-state index contributed by atoms with van der Waals surface area (Å²) in [6, 6.07) is 7.78. The molecule has 154 valence electrons. The van der Waals surface area contributed by atoms with Gasteiger partial charge in [-0.3, -0.25) is 14.5 Å². The van der Waals surface area contributed by atoms with E-state index in [9.17, 15) is 9.59 Å². The average molecular weight is 415 g/mol. The zero-order valence-electron chi connectivity index (χ0n) is 17.2. The number of thiophene rings is 1. The minimum absolute atomic E-state index is 0.00746. The molecule has 8 heteroatoms. The van der Waals surface area contributed by atoms with Crippen LogP contribution in [0, 0.1) is 20.8 Å². The van der Waals surface area contributed by atoms with E-state index in [2.05, 4.69) is 32.6 Å². The topological polar surface area (TPSA) is 80.4 Å². The van der Waals surface area contributed by atoms with Crippen LogP contribution < -0.4 is 5.32 Å². The molecular weight excluding hydrogens is 388 g/mol. The molecule has 1 amide bonds. The number of hydrogen-bond donors (Lipinski definition) is 1. The maximum absolute atomic E-state index is 12.8. The lowest BCUT2D eigenvalue weighted by Gasteiger charge is -2.15. The van der Waals surface area contributed by atoms with E-state index in [1.807, 2.05) is 19.9 Å². The summed E-state index contributed by atoms with van der Waals surface area (Å²) in [5.74, 6) is 0.767. The first-order chi connectivity index (χ1) is 13.8. The van der Waals surface area contributed by atoms with E-state index in [-0.39, 0.29) is 24.8 Å². The van der Waals surface area contributed by atoms with Gasteiger partial charge in [-0.15, -0.1) is 11.3 Å². The number of aryl methyl sites for hydroxylation is 3. The Bertz CT molecular complexity index is 988. The average Bonchev–Trinajstić information content (AvgIpc) is 3.36. The van der Waals surface area contributed by atoms with Gasteiger partial charge in [0.15, 0.2) is 11.6 Å². The number of carbonyl (C=O) groups excluding carboxylic acids is 2. The summed E-state index contributed by atoms with van der Waals surface area (Å²) >= 11 is 1.75. The molecule has 0 unspecified atom stereocenters. The number of ketones is 1. The Morgan fingerprint density at radius 3 is 2.69 bits per heavy atom. The third-order valence-corrected chi connectivity index (χ3v) is 5.69. The van der Waals surface area contributed by atoms with Crippen molar-refractivity contribution in [1.29, 1.82) is 0 Å². The van der Waals surface area contributed by atoms with Crippen molar-refractivity contribution in [2.75, 3.05) is 25.5 Å². The zero-order chi connectivity index (χ0) is 21.0. The van der Waals surface area contributed by atoms with Crippen molar-refractivity contribution in [3.8, 4) is 0 Å². The van der Waals surface area contributed by atoms with Crippen molar-refractivity contribution < 1.29 is 14.1 Å². The Balaban J connectivity index is 1.56. The molecule has 0 spiro atoms. The molecule has 3 heterocycles. The fourth-order valence-corrected chi connectivity index (χ4v) is 4.04.